The Morgan fingerprint density at radius 1 is 1.00 bits per heavy atom. The number of nitrogens with two attached hydrogens (primary N) is 1. The molecule has 0 saturated carbocycles. The number of nitrogens with zero attached hydrogens (tertiary/aromatic N) is 1. The number of likely N-dealkylation sites (tertiary alicyclic amines) is 1. The van der Waals surface area contributed by atoms with Gasteiger partial charge in [-0.1, -0.05) is 67.6 Å². The second kappa shape index (κ2) is 7.77. The molecule has 1 heterocycles. The number of rotatable bonds is 4. The first-order chi connectivity index (χ1) is 10.3. The van der Waals surface area contributed by atoms with Crippen LogP contribution in [0, 0.1) is 0 Å². The largest absolute Gasteiger partial charge is 0.326 e. The fraction of sp³-hybridized carbons (Fsp3) is 0.368. The maximum atomic E-state index is 6.43. The third-order valence-corrected chi connectivity index (χ3v) is 4.63. The first kappa shape index (κ1) is 17.0. The van der Waals surface area contributed by atoms with Crippen molar-refractivity contribution in [3.05, 3.63) is 71.8 Å². The highest BCUT2D eigenvalue weighted by Crippen LogP contribution is 2.33. The number of hydrogen-bond acceptors (Lipinski definition) is 2. The maximum absolute atomic E-state index is 6.43. The van der Waals surface area contributed by atoms with Crippen LogP contribution in [-0.4, -0.2) is 24.0 Å². The van der Waals surface area contributed by atoms with Gasteiger partial charge >= 0.3 is 0 Å². The second-order valence-corrected chi connectivity index (χ2v) is 5.97. The molecular weight excluding hydrogens is 292 g/mol. The van der Waals surface area contributed by atoms with Gasteiger partial charge in [0.25, 0.3) is 0 Å². The van der Waals surface area contributed by atoms with Crippen LogP contribution in [0.4, 0.5) is 0 Å². The third-order valence-electron chi connectivity index (χ3n) is 4.63. The lowest BCUT2D eigenvalue weighted by molar-refractivity contribution is 0.234. The molecule has 0 aromatic heterocycles. The molecule has 1 aliphatic rings. The van der Waals surface area contributed by atoms with Crippen LogP contribution in [0.2, 0.25) is 0 Å². The lowest BCUT2D eigenvalue weighted by Crippen LogP contribution is -2.30. The van der Waals surface area contributed by atoms with Crippen LogP contribution in [-0.2, 0) is 0 Å². The summed E-state index contributed by atoms with van der Waals surface area (Å²) in [6, 6.07) is 22.2. The summed E-state index contributed by atoms with van der Waals surface area (Å²) >= 11 is 0. The monoisotopic (exact) mass is 316 g/mol. The summed E-state index contributed by atoms with van der Waals surface area (Å²) in [7, 11) is 0. The molecule has 0 spiro atoms. The summed E-state index contributed by atoms with van der Waals surface area (Å²) < 4.78 is 0. The first-order valence-corrected chi connectivity index (χ1v) is 7.89. The van der Waals surface area contributed by atoms with Crippen LogP contribution in [0.15, 0.2) is 60.7 Å². The highest BCUT2D eigenvalue weighted by Gasteiger charge is 2.34. The van der Waals surface area contributed by atoms with Crippen LogP contribution >= 0.6 is 12.4 Å². The van der Waals surface area contributed by atoms with Crippen molar-refractivity contribution < 1.29 is 0 Å². The standard InChI is InChI=1S/C19H24N2.ClH/c1-2-19(16-11-7-4-8-12-16)21-13-17(18(20)14-21)15-9-5-3-6-10-15;/h3-12,17-19H,2,13-14,20H2,1H3;1H/t17-,18+,19?;/m0./s1. The van der Waals surface area contributed by atoms with Gasteiger partial charge in [-0.3, -0.25) is 4.90 Å². The molecule has 1 fully saturated rings. The quantitative estimate of drug-likeness (QED) is 0.924. The van der Waals surface area contributed by atoms with Crippen molar-refractivity contribution in [3.8, 4) is 0 Å². The van der Waals surface area contributed by atoms with Crippen LogP contribution in [0.1, 0.15) is 36.4 Å². The zero-order chi connectivity index (χ0) is 14.7. The summed E-state index contributed by atoms with van der Waals surface area (Å²) in [5.74, 6) is 0.448. The molecule has 2 aromatic carbocycles. The average molecular weight is 317 g/mol. The molecule has 2 nitrogen and oxygen atoms in total. The fourth-order valence-corrected chi connectivity index (χ4v) is 3.55. The predicted octanol–water partition coefficient (Wildman–Crippen LogP) is 3.99. The Morgan fingerprint density at radius 3 is 2.18 bits per heavy atom. The topological polar surface area (TPSA) is 29.3 Å². The molecule has 118 valence electrons. The van der Waals surface area contributed by atoms with Crippen molar-refractivity contribution in [2.24, 2.45) is 5.73 Å². The van der Waals surface area contributed by atoms with E-state index in [1.165, 1.54) is 11.1 Å². The minimum atomic E-state index is 0. The minimum Gasteiger partial charge on any atom is -0.326 e. The molecule has 0 amide bonds. The van der Waals surface area contributed by atoms with E-state index in [9.17, 15) is 0 Å². The van der Waals surface area contributed by atoms with E-state index in [-0.39, 0.29) is 18.4 Å². The van der Waals surface area contributed by atoms with Crippen molar-refractivity contribution in [3.63, 3.8) is 0 Å². The Kier molecular flexibility index (Phi) is 6.01. The minimum absolute atomic E-state index is 0. The Bertz CT molecular complexity index is 558. The van der Waals surface area contributed by atoms with Crippen molar-refractivity contribution in [2.75, 3.05) is 13.1 Å². The summed E-state index contributed by atoms with van der Waals surface area (Å²) in [4.78, 5) is 2.55. The Hall–Kier alpha value is -1.35. The van der Waals surface area contributed by atoms with Gasteiger partial charge in [-0.25, -0.2) is 0 Å². The van der Waals surface area contributed by atoms with Crippen LogP contribution in [0.3, 0.4) is 0 Å². The average Bonchev–Trinajstić information content (AvgIpc) is 2.92. The highest BCUT2D eigenvalue weighted by atomic mass is 35.5. The lowest BCUT2D eigenvalue weighted by Gasteiger charge is -2.27. The molecule has 3 heteroatoms. The molecule has 3 atom stereocenters. The maximum Gasteiger partial charge on any atom is 0.0346 e. The van der Waals surface area contributed by atoms with Gasteiger partial charge in [-0.05, 0) is 17.5 Å². The van der Waals surface area contributed by atoms with Gasteiger partial charge in [0.1, 0.15) is 0 Å². The molecule has 3 rings (SSSR count). The zero-order valence-electron chi connectivity index (χ0n) is 13.1. The Balaban J connectivity index is 0.00000176. The fourth-order valence-electron chi connectivity index (χ4n) is 3.55. The van der Waals surface area contributed by atoms with Gasteiger partial charge in [0.05, 0.1) is 0 Å². The van der Waals surface area contributed by atoms with E-state index in [0.717, 1.165) is 19.5 Å². The summed E-state index contributed by atoms with van der Waals surface area (Å²) in [5.41, 5.74) is 9.20. The molecule has 2 N–H and O–H groups in total. The Morgan fingerprint density at radius 2 is 1.59 bits per heavy atom. The first-order valence-electron chi connectivity index (χ1n) is 7.89. The summed E-state index contributed by atoms with van der Waals surface area (Å²) in [5, 5.41) is 0. The Labute approximate surface area is 139 Å². The van der Waals surface area contributed by atoms with Gasteiger partial charge in [-0.15, -0.1) is 12.4 Å². The molecule has 2 aromatic rings. The van der Waals surface area contributed by atoms with Crippen LogP contribution < -0.4 is 5.73 Å². The van der Waals surface area contributed by atoms with E-state index in [1.54, 1.807) is 0 Å². The van der Waals surface area contributed by atoms with Crippen molar-refractivity contribution in [2.45, 2.75) is 31.3 Å². The molecular formula is C19H25ClN2. The second-order valence-electron chi connectivity index (χ2n) is 5.97. The molecule has 0 bridgehead atoms. The third kappa shape index (κ3) is 3.52. The van der Waals surface area contributed by atoms with E-state index >= 15 is 0 Å². The lowest BCUT2D eigenvalue weighted by atomic mass is 9.95. The highest BCUT2D eigenvalue weighted by molar-refractivity contribution is 5.85. The molecule has 0 radical (unpaired) electrons. The number of hydrogen-bond donors (Lipinski definition) is 1. The van der Waals surface area contributed by atoms with Gasteiger partial charge in [-0.2, -0.15) is 0 Å². The van der Waals surface area contributed by atoms with Crippen LogP contribution in [0.25, 0.3) is 0 Å². The van der Waals surface area contributed by atoms with Crippen LogP contribution in [0.5, 0.6) is 0 Å². The van der Waals surface area contributed by atoms with Gasteiger partial charge in [0, 0.05) is 31.1 Å². The summed E-state index contributed by atoms with van der Waals surface area (Å²) in [6.45, 7) is 4.30. The van der Waals surface area contributed by atoms with E-state index in [2.05, 4.69) is 72.5 Å². The van der Waals surface area contributed by atoms with E-state index in [0.29, 0.717) is 12.0 Å². The zero-order valence-corrected chi connectivity index (χ0v) is 13.9. The smallest absolute Gasteiger partial charge is 0.0346 e. The predicted molar refractivity (Wildman–Crippen MR) is 95.5 cm³/mol. The number of benzene rings is 2. The van der Waals surface area contributed by atoms with E-state index in [4.69, 9.17) is 5.73 Å². The molecule has 1 unspecified atom stereocenters. The molecule has 0 aliphatic carbocycles. The van der Waals surface area contributed by atoms with E-state index < -0.39 is 0 Å². The normalized spacial score (nSPS) is 23.0. The van der Waals surface area contributed by atoms with Crippen molar-refractivity contribution in [1.29, 1.82) is 0 Å². The number of halogens is 1. The molecule has 1 aliphatic heterocycles. The molecule has 1 saturated heterocycles. The van der Waals surface area contributed by atoms with Gasteiger partial charge in [0.2, 0.25) is 0 Å². The van der Waals surface area contributed by atoms with Gasteiger partial charge < -0.3 is 5.73 Å². The van der Waals surface area contributed by atoms with Crippen molar-refractivity contribution in [1.82, 2.24) is 4.90 Å². The van der Waals surface area contributed by atoms with Gasteiger partial charge in [0.15, 0.2) is 0 Å². The SMILES string of the molecule is CCC(c1ccccc1)N1C[C@@H](N)[C@H](c2ccccc2)C1.Cl. The van der Waals surface area contributed by atoms with Crippen molar-refractivity contribution >= 4 is 12.4 Å². The molecule has 22 heavy (non-hydrogen) atoms. The summed E-state index contributed by atoms with van der Waals surface area (Å²) in [6.07, 6.45) is 1.12. The van der Waals surface area contributed by atoms with E-state index in [1.807, 2.05) is 0 Å².